The summed E-state index contributed by atoms with van der Waals surface area (Å²) in [6.45, 7) is 1.42. The van der Waals surface area contributed by atoms with Crippen LogP contribution in [0.5, 0.6) is 0 Å². The molecule has 1 aromatic heterocycles. The number of hydrogen-bond acceptors (Lipinski definition) is 3. The molecule has 1 aliphatic rings. The first kappa shape index (κ1) is 20.5. The lowest BCUT2D eigenvalue weighted by molar-refractivity contribution is 0.0538. The van der Waals surface area contributed by atoms with E-state index in [0.29, 0.717) is 36.1 Å². The monoisotopic (exact) mass is 446 g/mol. The standard InChI is InChI=1S/C22H17ClF2N2O2S/c23-16-4-1-14(2-5-16)19-7-8-20(30-19)22(29)27-11-9-26(10-12-27)21(28)15-3-6-17(24)18(25)13-15/h1-8,13H,9-12H2. The average Bonchev–Trinajstić information content (AvgIpc) is 3.25. The van der Waals surface area contributed by atoms with Crippen LogP contribution in [0.4, 0.5) is 8.78 Å². The smallest absolute Gasteiger partial charge is 0.264 e. The number of halogens is 3. The van der Waals surface area contributed by atoms with Gasteiger partial charge in [-0.3, -0.25) is 9.59 Å². The molecule has 4 nitrogen and oxygen atoms in total. The summed E-state index contributed by atoms with van der Waals surface area (Å²) >= 11 is 7.33. The maximum Gasteiger partial charge on any atom is 0.264 e. The lowest BCUT2D eigenvalue weighted by Gasteiger charge is -2.34. The van der Waals surface area contributed by atoms with Crippen LogP contribution in [0.15, 0.2) is 54.6 Å². The first-order chi connectivity index (χ1) is 14.4. The van der Waals surface area contributed by atoms with Crippen LogP contribution in [-0.4, -0.2) is 47.8 Å². The molecule has 4 rings (SSSR count). The van der Waals surface area contributed by atoms with E-state index in [2.05, 4.69) is 0 Å². The zero-order valence-electron chi connectivity index (χ0n) is 15.8. The highest BCUT2D eigenvalue weighted by atomic mass is 35.5. The molecule has 0 aliphatic carbocycles. The van der Waals surface area contributed by atoms with Crippen molar-refractivity contribution >= 4 is 34.8 Å². The van der Waals surface area contributed by atoms with Crippen molar-refractivity contribution in [2.75, 3.05) is 26.2 Å². The van der Waals surface area contributed by atoms with Crippen LogP contribution in [0.2, 0.25) is 5.02 Å². The van der Waals surface area contributed by atoms with Crippen molar-refractivity contribution in [3.63, 3.8) is 0 Å². The molecule has 0 unspecified atom stereocenters. The number of benzene rings is 2. The van der Waals surface area contributed by atoms with Gasteiger partial charge in [0.2, 0.25) is 0 Å². The van der Waals surface area contributed by atoms with E-state index in [1.165, 1.54) is 17.4 Å². The summed E-state index contributed by atoms with van der Waals surface area (Å²) in [5.74, 6) is -2.50. The Morgan fingerprint density at radius 3 is 2.07 bits per heavy atom. The number of hydrogen-bond donors (Lipinski definition) is 0. The van der Waals surface area contributed by atoms with E-state index in [0.717, 1.165) is 22.6 Å². The van der Waals surface area contributed by atoms with Crippen LogP contribution >= 0.6 is 22.9 Å². The summed E-state index contributed by atoms with van der Waals surface area (Å²) in [7, 11) is 0. The summed E-state index contributed by atoms with van der Waals surface area (Å²) in [5.41, 5.74) is 1.09. The van der Waals surface area contributed by atoms with E-state index in [1.54, 1.807) is 28.0 Å². The molecule has 3 aromatic rings. The molecule has 1 saturated heterocycles. The molecule has 154 valence electrons. The van der Waals surface area contributed by atoms with Gasteiger partial charge in [-0.15, -0.1) is 11.3 Å². The summed E-state index contributed by atoms with van der Waals surface area (Å²) in [5, 5.41) is 0.655. The Hall–Kier alpha value is -2.77. The third-order valence-electron chi connectivity index (χ3n) is 4.97. The molecule has 1 aliphatic heterocycles. The summed E-state index contributed by atoms with van der Waals surface area (Å²) in [4.78, 5) is 30.2. The number of nitrogens with zero attached hydrogens (tertiary/aromatic N) is 2. The Bertz CT molecular complexity index is 1090. The van der Waals surface area contributed by atoms with Crippen molar-refractivity contribution in [3.05, 3.63) is 81.7 Å². The topological polar surface area (TPSA) is 40.6 Å². The zero-order chi connectivity index (χ0) is 21.3. The molecule has 0 atom stereocenters. The van der Waals surface area contributed by atoms with Gasteiger partial charge in [0.15, 0.2) is 11.6 Å². The number of thiophene rings is 1. The fourth-order valence-electron chi connectivity index (χ4n) is 3.30. The molecule has 8 heteroatoms. The van der Waals surface area contributed by atoms with Gasteiger partial charge in [-0.25, -0.2) is 8.78 Å². The molecule has 2 aromatic carbocycles. The third kappa shape index (κ3) is 4.22. The van der Waals surface area contributed by atoms with Gasteiger partial charge >= 0.3 is 0 Å². The van der Waals surface area contributed by atoms with Crippen LogP contribution in [0.3, 0.4) is 0 Å². The Morgan fingerprint density at radius 1 is 0.800 bits per heavy atom. The Balaban J connectivity index is 1.39. The maximum absolute atomic E-state index is 13.4. The predicted octanol–water partition coefficient (Wildman–Crippen LogP) is 4.94. The van der Waals surface area contributed by atoms with Gasteiger partial charge in [0.25, 0.3) is 11.8 Å². The molecular weight excluding hydrogens is 430 g/mol. The molecule has 1 fully saturated rings. The van der Waals surface area contributed by atoms with Gasteiger partial charge in [-0.1, -0.05) is 23.7 Å². The van der Waals surface area contributed by atoms with Crippen molar-refractivity contribution in [3.8, 4) is 10.4 Å². The number of carbonyl (C=O) groups excluding carboxylic acids is 2. The van der Waals surface area contributed by atoms with Gasteiger partial charge in [0.1, 0.15) is 0 Å². The second kappa shape index (κ2) is 8.53. The lowest BCUT2D eigenvalue weighted by atomic mass is 10.1. The predicted molar refractivity (Wildman–Crippen MR) is 113 cm³/mol. The first-order valence-corrected chi connectivity index (χ1v) is 10.5. The van der Waals surface area contributed by atoms with Crippen LogP contribution < -0.4 is 0 Å². The zero-order valence-corrected chi connectivity index (χ0v) is 17.4. The second-order valence-electron chi connectivity index (χ2n) is 6.88. The Kier molecular flexibility index (Phi) is 5.83. The van der Waals surface area contributed by atoms with Gasteiger partial charge in [-0.2, -0.15) is 0 Å². The van der Waals surface area contributed by atoms with E-state index in [4.69, 9.17) is 11.6 Å². The summed E-state index contributed by atoms with van der Waals surface area (Å²) in [6, 6.07) is 14.2. The second-order valence-corrected chi connectivity index (χ2v) is 8.40. The van der Waals surface area contributed by atoms with E-state index < -0.39 is 11.6 Å². The molecule has 30 heavy (non-hydrogen) atoms. The fraction of sp³-hybridized carbons (Fsp3) is 0.182. The minimum atomic E-state index is -1.05. The van der Waals surface area contributed by atoms with E-state index in [-0.39, 0.29) is 17.4 Å². The van der Waals surface area contributed by atoms with E-state index in [1.807, 2.05) is 18.2 Å². The number of carbonyl (C=O) groups is 2. The van der Waals surface area contributed by atoms with Crippen LogP contribution in [0, 0.1) is 11.6 Å². The third-order valence-corrected chi connectivity index (χ3v) is 6.34. The molecule has 0 saturated carbocycles. The van der Waals surface area contributed by atoms with Gasteiger partial charge in [-0.05, 0) is 48.0 Å². The van der Waals surface area contributed by atoms with Gasteiger partial charge < -0.3 is 9.80 Å². The van der Waals surface area contributed by atoms with Crippen molar-refractivity contribution in [2.24, 2.45) is 0 Å². The Labute approximate surface area is 181 Å². The number of piperazine rings is 1. The minimum absolute atomic E-state index is 0.0832. The molecule has 0 spiro atoms. The fourth-order valence-corrected chi connectivity index (χ4v) is 4.41. The normalized spacial score (nSPS) is 14.1. The van der Waals surface area contributed by atoms with Gasteiger partial charge in [0.05, 0.1) is 4.88 Å². The SMILES string of the molecule is O=C(c1ccc(F)c(F)c1)N1CCN(C(=O)c2ccc(-c3ccc(Cl)cc3)s2)CC1. The van der Waals surface area contributed by atoms with Crippen molar-refractivity contribution in [1.29, 1.82) is 0 Å². The largest absolute Gasteiger partial charge is 0.335 e. The highest BCUT2D eigenvalue weighted by molar-refractivity contribution is 7.17. The van der Waals surface area contributed by atoms with Crippen LogP contribution in [0.1, 0.15) is 20.0 Å². The van der Waals surface area contributed by atoms with E-state index in [9.17, 15) is 18.4 Å². The quantitative estimate of drug-likeness (QED) is 0.571. The van der Waals surface area contributed by atoms with Crippen LogP contribution in [0.25, 0.3) is 10.4 Å². The summed E-state index contributed by atoms with van der Waals surface area (Å²) in [6.07, 6.45) is 0. The van der Waals surface area contributed by atoms with Crippen LogP contribution in [-0.2, 0) is 0 Å². The molecule has 0 radical (unpaired) electrons. The van der Waals surface area contributed by atoms with Crippen molar-refractivity contribution < 1.29 is 18.4 Å². The molecular formula is C22H17ClF2N2O2S. The Morgan fingerprint density at radius 2 is 1.43 bits per heavy atom. The van der Waals surface area contributed by atoms with Crippen molar-refractivity contribution in [2.45, 2.75) is 0 Å². The first-order valence-electron chi connectivity index (χ1n) is 9.32. The highest BCUT2D eigenvalue weighted by Gasteiger charge is 2.26. The maximum atomic E-state index is 13.4. The molecule has 0 N–H and O–H groups in total. The number of amides is 2. The number of rotatable bonds is 3. The van der Waals surface area contributed by atoms with Crippen molar-refractivity contribution in [1.82, 2.24) is 9.80 Å². The van der Waals surface area contributed by atoms with E-state index >= 15 is 0 Å². The summed E-state index contributed by atoms with van der Waals surface area (Å²) < 4.78 is 26.5. The lowest BCUT2D eigenvalue weighted by Crippen LogP contribution is -2.50. The van der Waals surface area contributed by atoms with Gasteiger partial charge in [0, 0.05) is 41.6 Å². The molecule has 2 amide bonds. The average molecular weight is 447 g/mol. The molecule has 0 bridgehead atoms. The minimum Gasteiger partial charge on any atom is -0.335 e. The molecule has 2 heterocycles. The highest BCUT2D eigenvalue weighted by Crippen LogP contribution is 2.30.